The summed E-state index contributed by atoms with van der Waals surface area (Å²) in [5.41, 5.74) is 1.02. The van der Waals surface area contributed by atoms with Gasteiger partial charge in [0.05, 0.1) is 23.7 Å². The largest absolute Gasteiger partial charge is 0.464 e. The van der Waals surface area contributed by atoms with Crippen LogP contribution < -0.4 is 5.84 Å². The minimum absolute atomic E-state index is 0.0139. The van der Waals surface area contributed by atoms with Crippen LogP contribution in [0.15, 0.2) is 53.4 Å². The number of carbonyl (C=O) groups is 2. The molecule has 0 aliphatic heterocycles. The van der Waals surface area contributed by atoms with E-state index in [-0.39, 0.29) is 29.2 Å². The molecule has 2 N–H and O–H groups in total. The number of hydrogen-bond donors (Lipinski definition) is 1. The average molecular weight is 420 g/mol. The third-order valence-electron chi connectivity index (χ3n) is 4.15. The van der Waals surface area contributed by atoms with Crippen LogP contribution in [-0.2, 0) is 24.3 Å². The number of esters is 2. The Balaban J connectivity index is 2.47. The van der Waals surface area contributed by atoms with E-state index in [4.69, 9.17) is 15.3 Å². The van der Waals surface area contributed by atoms with Crippen LogP contribution in [0.3, 0.4) is 0 Å². The summed E-state index contributed by atoms with van der Waals surface area (Å²) in [6.07, 6.45) is 0. The Morgan fingerprint density at radius 1 is 1.00 bits per heavy atom. The zero-order valence-corrected chi connectivity index (χ0v) is 17.3. The Labute approximate surface area is 170 Å². The molecule has 1 unspecified atom stereocenters. The van der Waals surface area contributed by atoms with E-state index in [1.165, 1.54) is 30.3 Å². The maximum atomic E-state index is 13.1. The topological polar surface area (TPSA) is 116 Å². The maximum Gasteiger partial charge on any atom is 0.338 e. The second-order valence-corrected chi connectivity index (χ2v) is 7.91. The number of nitrogens with two attached hydrogens (primary N) is 1. The predicted molar refractivity (Wildman–Crippen MR) is 106 cm³/mol. The van der Waals surface area contributed by atoms with Crippen LogP contribution in [-0.4, -0.2) is 38.0 Å². The van der Waals surface area contributed by atoms with Crippen molar-refractivity contribution in [2.24, 2.45) is 5.84 Å². The van der Waals surface area contributed by atoms with Gasteiger partial charge in [-0.1, -0.05) is 30.3 Å². The van der Waals surface area contributed by atoms with Crippen molar-refractivity contribution >= 4 is 22.0 Å². The molecule has 1 atom stereocenters. The van der Waals surface area contributed by atoms with Gasteiger partial charge in [-0.15, -0.1) is 4.41 Å². The first kappa shape index (κ1) is 22.5. The summed E-state index contributed by atoms with van der Waals surface area (Å²) in [5.74, 6) is 4.61. The summed E-state index contributed by atoms with van der Waals surface area (Å²) in [6.45, 7) is 5.20. The smallest absolute Gasteiger partial charge is 0.338 e. The fraction of sp³-hybridized carbons (Fsp3) is 0.300. The number of ether oxygens (including phenoxy) is 2. The van der Waals surface area contributed by atoms with Gasteiger partial charge in [-0.3, -0.25) is 5.84 Å². The molecule has 29 heavy (non-hydrogen) atoms. The monoisotopic (exact) mass is 420 g/mol. The van der Waals surface area contributed by atoms with E-state index >= 15 is 0 Å². The van der Waals surface area contributed by atoms with Gasteiger partial charge in [-0.05, 0) is 50.1 Å². The first-order valence-electron chi connectivity index (χ1n) is 9.02. The number of hydrazine groups is 1. The number of aryl methyl sites for hydroxylation is 1. The van der Waals surface area contributed by atoms with Gasteiger partial charge in [-0.2, -0.15) is 0 Å². The van der Waals surface area contributed by atoms with E-state index in [0.29, 0.717) is 9.98 Å². The molecule has 0 amide bonds. The highest BCUT2D eigenvalue weighted by atomic mass is 32.2. The van der Waals surface area contributed by atoms with Crippen molar-refractivity contribution in [3.63, 3.8) is 0 Å². The summed E-state index contributed by atoms with van der Waals surface area (Å²) in [5, 5.41) is 0. The third kappa shape index (κ3) is 5.00. The lowest BCUT2D eigenvalue weighted by molar-refractivity contribution is -0.148. The molecule has 0 saturated heterocycles. The summed E-state index contributed by atoms with van der Waals surface area (Å²) in [7, 11) is -4.20. The first-order valence-corrected chi connectivity index (χ1v) is 10.5. The second-order valence-electron chi connectivity index (χ2n) is 6.10. The summed E-state index contributed by atoms with van der Waals surface area (Å²) < 4.78 is 36.6. The lowest BCUT2D eigenvalue weighted by Crippen LogP contribution is -2.44. The van der Waals surface area contributed by atoms with E-state index in [9.17, 15) is 18.0 Å². The van der Waals surface area contributed by atoms with Crippen molar-refractivity contribution in [3.05, 3.63) is 65.2 Å². The molecule has 0 aromatic heterocycles. The van der Waals surface area contributed by atoms with Crippen LogP contribution in [0.5, 0.6) is 0 Å². The zero-order chi connectivity index (χ0) is 21.6. The van der Waals surface area contributed by atoms with Crippen LogP contribution in [0.2, 0.25) is 0 Å². The van der Waals surface area contributed by atoms with Gasteiger partial charge in [0.2, 0.25) is 0 Å². The summed E-state index contributed by atoms with van der Waals surface area (Å²) in [6, 6.07) is 10.7. The van der Waals surface area contributed by atoms with Gasteiger partial charge in [0.15, 0.2) is 6.04 Å². The number of rotatable bonds is 8. The van der Waals surface area contributed by atoms with E-state index in [1.54, 1.807) is 39.0 Å². The van der Waals surface area contributed by atoms with Crippen LogP contribution in [0.4, 0.5) is 0 Å². The Kier molecular flexibility index (Phi) is 7.49. The Hall–Kier alpha value is -2.75. The maximum absolute atomic E-state index is 13.1. The minimum Gasteiger partial charge on any atom is -0.464 e. The van der Waals surface area contributed by atoms with Crippen molar-refractivity contribution in [1.82, 2.24) is 4.41 Å². The van der Waals surface area contributed by atoms with Crippen LogP contribution in [0.1, 0.15) is 41.4 Å². The summed E-state index contributed by atoms with van der Waals surface area (Å²) in [4.78, 5) is 24.4. The molecule has 2 aromatic rings. The van der Waals surface area contributed by atoms with Gasteiger partial charge in [0, 0.05) is 0 Å². The van der Waals surface area contributed by atoms with Gasteiger partial charge >= 0.3 is 11.9 Å². The SMILES string of the molecule is CCOC(=O)c1ccc(C(C(=O)OCC)N(N)S(=O)(=O)c2ccccc2C)cc1. The van der Waals surface area contributed by atoms with Gasteiger partial charge < -0.3 is 9.47 Å². The van der Waals surface area contributed by atoms with Gasteiger partial charge in [0.25, 0.3) is 10.0 Å². The minimum atomic E-state index is -4.20. The van der Waals surface area contributed by atoms with Crippen molar-refractivity contribution in [3.8, 4) is 0 Å². The fourth-order valence-corrected chi connectivity index (χ4v) is 4.16. The molecule has 0 bridgehead atoms. The number of sulfonamides is 1. The fourth-order valence-electron chi connectivity index (χ4n) is 2.72. The molecular weight excluding hydrogens is 396 g/mol. The summed E-state index contributed by atoms with van der Waals surface area (Å²) >= 11 is 0. The number of carbonyl (C=O) groups excluding carboxylic acids is 2. The lowest BCUT2D eigenvalue weighted by atomic mass is 10.1. The van der Waals surface area contributed by atoms with Crippen LogP contribution in [0, 0.1) is 6.92 Å². The van der Waals surface area contributed by atoms with E-state index in [1.807, 2.05) is 0 Å². The number of benzene rings is 2. The molecule has 2 rings (SSSR count). The molecule has 0 fully saturated rings. The average Bonchev–Trinajstić information content (AvgIpc) is 2.69. The van der Waals surface area contributed by atoms with Crippen molar-refractivity contribution in [2.45, 2.75) is 31.7 Å². The quantitative estimate of drug-likeness (QED) is 0.396. The van der Waals surface area contributed by atoms with Crippen LogP contribution >= 0.6 is 0 Å². The third-order valence-corrected chi connectivity index (χ3v) is 5.93. The standard InChI is InChI=1S/C20H24N2O6S/c1-4-27-19(23)16-12-10-15(11-13-16)18(20(24)28-5-2)22(21)29(25,26)17-9-7-6-8-14(17)3/h6-13,18H,4-5,21H2,1-3H3. The molecular formula is C20H24N2O6S. The molecule has 0 aliphatic carbocycles. The molecule has 0 saturated carbocycles. The Morgan fingerprint density at radius 3 is 2.14 bits per heavy atom. The Morgan fingerprint density at radius 2 is 1.59 bits per heavy atom. The first-order chi connectivity index (χ1) is 13.7. The molecule has 9 heteroatoms. The van der Waals surface area contributed by atoms with Gasteiger partial charge in [0.1, 0.15) is 0 Å². The normalized spacial score (nSPS) is 12.4. The number of nitrogens with zero attached hydrogens (tertiary/aromatic N) is 1. The predicted octanol–water partition coefficient (Wildman–Crippen LogP) is 2.34. The molecule has 0 aliphatic rings. The highest BCUT2D eigenvalue weighted by molar-refractivity contribution is 7.89. The lowest BCUT2D eigenvalue weighted by Gasteiger charge is -2.26. The molecule has 0 spiro atoms. The molecule has 156 valence electrons. The van der Waals surface area contributed by atoms with E-state index in [2.05, 4.69) is 0 Å². The van der Waals surface area contributed by atoms with Crippen molar-refractivity contribution in [1.29, 1.82) is 0 Å². The van der Waals surface area contributed by atoms with Crippen molar-refractivity contribution in [2.75, 3.05) is 13.2 Å². The van der Waals surface area contributed by atoms with Crippen LogP contribution in [0.25, 0.3) is 0 Å². The Bertz CT molecular complexity index is 973. The van der Waals surface area contributed by atoms with Crippen molar-refractivity contribution < 1.29 is 27.5 Å². The molecule has 8 nitrogen and oxygen atoms in total. The van der Waals surface area contributed by atoms with E-state index in [0.717, 1.165) is 0 Å². The molecule has 2 aromatic carbocycles. The van der Waals surface area contributed by atoms with E-state index < -0.39 is 28.0 Å². The number of hydrogen-bond acceptors (Lipinski definition) is 7. The molecule has 0 radical (unpaired) electrons. The second kappa shape index (κ2) is 9.64. The zero-order valence-electron chi connectivity index (χ0n) is 16.5. The highest BCUT2D eigenvalue weighted by Crippen LogP contribution is 2.28. The highest BCUT2D eigenvalue weighted by Gasteiger charge is 2.36. The van der Waals surface area contributed by atoms with Gasteiger partial charge in [-0.25, -0.2) is 18.0 Å². The molecule has 0 heterocycles.